The van der Waals surface area contributed by atoms with Crippen molar-refractivity contribution in [3.05, 3.63) is 65.0 Å². The SMILES string of the molecule is O=C(O)Cc1ccc2c(c1)N(C1CCN(CCc3ccc(F)cc3)CC1)C(=O)C2. The number of anilines is 1. The van der Waals surface area contributed by atoms with Crippen LogP contribution in [0, 0.1) is 5.82 Å². The minimum absolute atomic E-state index is 0.0306. The first-order chi connectivity index (χ1) is 14.0. The van der Waals surface area contributed by atoms with Crippen LogP contribution in [-0.4, -0.2) is 47.6 Å². The van der Waals surface area contributed by atoms with E-state index in [0.717, 1.165) is 61.3 Å². The van der Waals surface area contributed by atoms with E-state index < -0.39 is 5.97 Å². The Hall–Kier alpha value is -2.73. The van der Waals surface area contributed by atoms with Crippen molar-refractivity contribution in [3.8, 4) is 0 Å². The van der Waals surface area contributed by atoms with E-state index in [9.17, 15) is 14.0 Å². The molecule has 0 unspecified atom stereocenters. The minimum atomic E-state index is -0.865. The molecule has 29 heavy (non-hydrogen) atoms. The summed E-state index contributed by atoms with van der Waals surface area (Å²) >= 11 is 0. The number of piperidine rings is 1. The number of hydrogen-bond acceptors (Lipinski definition) is 3. The predicted octanol–water partition coefficient (Wildman–Crippen LogP) is 3.05. The Labute approximate surface area is 169 Å². The summed E-state index contributed by atoms with van der Waals surface area (Å²) in [6.07, 6.45) is 3.05. The standard InChI is InChI=1S/C23H25FN2O3/c24-19-5-2-16(3-6-19)7-10-25-11-8-20(9-12-25)26-21-13-17(14-23(28)29)1-4-18(21)15-22(26)27/h1-6,13,20H,7-12,14-15H2,(H,28,29). The van der Waals surface area contributed by atoms with Crippen LogP contribution < -0.4 is 4.90 Å². The maximum atomic E-state index is 13.0. The van der Waals surface area contributed by atoms with Crippen LogP contribution in [-0.2, 0) is 28.9 Å². The third kappa shape index (κ3) is 4.48. The maximum Gasteiger partial charge on any atom is 0.307 e. The van der Waals surface area contributed by atoms with E-state index in [-0.39, 0.29) is 24.2 Å². The number of carbonyl (C=O) groups excluding carboxylic acids is 1. The first-order valence-electron chi connectivity index (χ1n) is 10.1. The molecule has 0 spiro atoms. The molecule has 6 heteroatoms. The third-order valence-corrected chi connectivity index (χ3v) is 5.93. The molecule has 0 saturated carbocycles. The molecule has 2 aliphatic heterocycles. The zero-order chi connectivity index (χ0) is 20.4. The first kappa shape index (κ1) is 19.6. The van der Waals surface area contributed by atoms with Crippen molar-refractivity contribution in [3.63, 3.8) is 0 Å². The Bertz CT molecular complexity index is 905. The Balaban J connectivity index is 1.37. The van der Waals surface area contributed by atoms with E-state index in [4.69, 9.17) is 5.11 Å². The zero-order valence-electron chi connectivity index (χ0n) is 16.3. The fourth-order valence-corrected chi connectivity index (χ4v) is 4.39. The van der Waals surface area contributed by atoms with Crippen molar-refractivity contribution < 1.29 is 19.1 Å². The van der Waals surface area contributed by atoms with Gasteiger partial charge in [-0.25, -0.2) is 4.39 Å². The number of hydrogen-bond donors (Lipinski definition) is 1. The molecule has 1 N–H and O–H groups in total. The number of fused-ring (bicyclic) bond motifs is 1. The molecule has 1 saturated heterocycles. The Morgan fingerprint density at radius 1 is 1.07 bits per heavy atom. The lowest BCUT2D eigenvalue weighted by Gasteiger charge is -2.37. The molecule has 4 rings (SSSR count). The highest BCUT2D eigenvalue weighted by Gasteiger charge is 2.35. The summed E-state index contributed by atoms with van der Waals surface area (Å²) < 4.78 is 13.0. The Morgan fingerprint density at radius 3 is 2.45 bits per heavy atom. The highest BCUT2D eigenvalue weighted by molar-refractivity contribution is 6.02. The lowest BCUT2D eigenvalue weighted by Crippen LogP contribution is -2.46. The van der Waals surface area contributed by atoms with Gasteiger partial charge in [0.2, 0.25) is 5.91 Å². The van der Waals surface area contributed by atoms with Gasteiger partial charge in [-0.2, -0.15) is 0 Å². The first-order valence-corrected chi connectivity index (χ1v) is 10.1. The van der Waals surface area contributed by atoms with E-state index in [1.807, 2.05) is 35.2 Å². The molecule has 1 fully saturated rings. The highest BCUT2D eigenvalue weighted by atomic mass is 19.1. The molecule has 0 radical (unpaired) electrons. The molecular weight excluding hydrogens is 371 g/mol. The maximum absolute atomic E-state index is 13.0. The smallest absolute Gasteiger partial charge is 0.307 e. The average molecular weight is 396 g/mol. The van der Waals surface area contributed by atoms with Crippen molar-refractivity contribution in [2.75, 3.05) is 24.5 Å². The van der Waals surface area contributed by atoms with Gasteiger partial charge >= 0.3 is 5.97 Å². The number of likely N-dealkylation sites (tertiary alicyclic amines) is 1. The molecule has 5 nitrogen and oxygen atoms in total. The van der Waals surface area contributed by atoms with Gasteiger partial charge in [0, 0.05) is 31.4 Å². The number of aliphatic carboxylic acids is 1. The highest BCUT2D eigenvalue weighted by Crippen LogP contribution is 2.34. The average Bonchev–Trinajstić information content (AvgIpc) is 3.02. The fourth-order valence-electron chi connectivity index (χ4n) is 4.39. The van der Waals surface area contributed by atoms with Crippen molar-refractivity contribution >= 4 is 17.6 Å². The van der Waals surface area contributed by atoms with E-state index in [1.54, 1.807) is 0 Å². The second-order valence-electron chi connectivity index (χ2n) is 7.92. The summed E-state index contributed by atoms with van der Waals surface area (Å²) in [6.45, 7) is 2.76. The van der Waals surface area contributed by atoms with Gasteiger partial charge in [0.25, 0.3) is 0 Å². The third-order valence-electron chi connectivity index (χ3n) is 5.93. The molecule has 0 aromatic heterocycles. The van der Waals surface area contributed by atoms with Crippen LogP contribution in [0.2, 0.25) is 0 Å². The summed E-state index contributed by atoms with van der Waals surface area (Å²) in [5.41, 5.74) is 3.73. The van der Waals surface area contributed by atoms with E-state index in [2.05, 4.69) is 4.90 Å². The summed E-state index contributed by atoms with van der Waals surface area (Å²) in [5, 5.41) is 9.05. The molecule has 2 aliphatic rings. The number of rotatable bonds is 6. The molecule has 2 aromatic carbocycles. The van der Waals surface area contributed by atoms with E-state index in [1.165, 1.54) is 12.1 Å². The molecule has 2 aromatic rings. The zero-order valence-corrected chi connectivity index (χ0v) is 16.3. The van der Waals surface area contributed by atoms with Crippen molar-refractivity contribution in [2.24, 2.45) is 0 Å². The number of benzene rings is 2. The van der Waals surface area contributed by atoms with Crippen LogP contribution in [0.4, 0.5) is 10.1 Å². The van der Waals surface area contributed by atoms with E-state index in [0.29, 0.717) is 6.42 Å². The number of halogens is 1. The van der Waals surface area contributed by atoms with Gasteiger partial charge in [0.05, 0.1) is 12.8 Å². The number of amides is 1. The van der Waals surface area contributed by atoms with Crippen LogP contribution in [0.15, 0.2) is 42.5 Å². The summed E-state index contributed by atoms with van der Waals surface area (Å²) in [7, 11) is 0. The molecule has 152 valence electrons. The lowest BCUT2D eigenvalue weighted by molar-refractivity contribution is -0.136. The van der Waals surface area contributed by atoms with Gasteiger partial charge in [0.1, 0.15) is 5.82 Å². The van der Waals surface area contributed by atoms with Gasteiger partial charge in [-0.1, -0.05) is 24.3 Å². The summed E-state index contributed by atoms with van der Waals surface area (Å²) in [5.74, 6) is -0.968. The second kappa shape index (κ2) is 8.33. The number of carboxylic acids is 1. The van der Waals surface area contributed by atoms with Crippen molar-refractivity contribution in [1.82, 2.24) is 4.90 Å². The summed E-state index contributed by atoms with van der Waals surface area (Å²) in [4.78, 5) is 28.0. The molecule has 0 bridgehead atoms. The van der Waals surface area contributed by atoms with Crippen LogP contribution in [0.1, 0.15) is 29.5 Å². The lowest BCUT2D eigenvalue weighted by atomic mass is 10.0. The molecular formula is C23H25FN2O3. The van der Waals surface area contributed by atoms with Crippen molar-refractivity contribution in [2.45, 2.75) is 38.1 Å². The van der Waals surface area contributed by atoms with Crippen molar-refractivity contribution in [1.29, 1.82) is 0 Å². The summed E-state index contributed by atoms with van der Waals surface area (Å²) in [6, 6.07) is 12.4. The Morgan fingerprint density at radius 2 is 1.76 bits per heavy atom. The van der Waals surface area contributed by atoms with Crippen LogP contribution >= 0.6 is 0 Å². The molecule has 2 heterocycles. The van der Waals surface area contributed by atoms with Gasteiger partial charge < -0.3 is 14.9 Å². The Kier molecular flexibility index (Phi) is 5.62. The van der Waals surface area contributed by atoms with E-state index >= 15 is 0 Å². The van der Waals surface area contributed by atoms with Crippen LogP contribution in [0.25, 0.3) is 0 Å². The van der Waals surface area contributed by atoms with Gasteiger partial charge in [-0.3, -0.25) is 9.59 Å². The number of carbonyl (C=O) groups is 2. The largest absolute Gasteiger partial charge is 0.481 e. The molecule has 0 aliphatic carbocycles. The van der Waals surface area contributed by atoms with Gasteiger partial charge in [-0.15, -0.1) is 0 Å². The van der Waals surface area contributed by atoms with Gasteiger partial charge in [0.15, 0.2) is 0 Å². The molecule has 0 atom stereocenters. The monoisotopic (exact) mass is 396 g/mol. The number of nitrogens with zero attached hydrogens (tertiary/aromatic N) is 2. The van der Waals surface area contributed by atoms with Crippen LogP contribution in [0.3, 0.4) is 0 Å². The van der Waals surface area contributed by atoms with Crippen LogP contribution in [0.5, 0.6) is 0 Å². The predicted molar refractivity (Wildman–Crippen MR) is 109 cm³/mol. The fraction of sp³-hybridized carbons (Fsp3) is 0.391. The quantitative estimate of drug-likeness (QED) is 0.815. The number of carboxylic acid groups (broad SMARTS) is 1. The topological polar surface area (TPSA) is 60.9 Å². The molecule has 1 amide bonds. The second-order valence-corrected chi connectivity index (χ2v) is 7.92. The normalized spacial score (nSPS) is 17.6. The minimum Gasteiger partial charge on any atom is -0.481 e. The van der Waals surface area contributed by atoms with Gasteiger partial charge in [-0.05, 0) is 54.2 Å².